The van der Waals surface area contributed by atoms with Crippen molar-refractivity contribution in [2.24, 2.45) is 5.73 Å². The van der Waals surface area contributed by atoms with Gasteiger partial charge in [-0.3, -0.25) is 5.10 Å². The number of urea groups is 1. The molecule has 2 aromatic rings. The van der Waals surface area contributed by atoms with Gasteiger partial charge in [0.1, 0.15) is 30.2 Å². The van der Waals surface area contributed by atoms with Crippen molar-refractivity contribution in [3.63, 3.8) is 0 Å². The number of nitrogens with zero attached hydrogens (tertiary/aromatic N) is 1. The van der Waals surface area contributed by atoms with Crippen LogP contribution in [0.5, 0.6) is 11.6 Å². The first-order chi connectivity index (χ1) is 19.4. The molecular weight excluding hydrogens is 534 g/mol. The quantitative estimate of drug-likeness (QED) is 0.154. The van der Waals surface area contributed by atoms with Gasteiger partial charge >= 0.3 is 6.03 Å². The van der Waals surface area contributed by atoms with Gasteiger partial charge in [0.25, 0.3) is 0 Å². The Morgan fingerprint density at radius 1 is 1.22 bits per heavy atom. The van der Waals surface area contributed by atoms with Crippen molar-refractivity contribution in [2.45, 2.75) is 89.6 Å². The number of carbonyl (C=O) groups excluding carboxylic acids is 1. The van der Waals surface area contributed by atoms with Crippen LogP contribution in [0.2, 0.25) is 0 Å². The Morgan fingerprint density at radius 2 is 1.95 bits per heavy atom. The lowest BCUT2D eigenvalue weighted by atomic mass is 9.96. The van der Waals surface area contributed by atoms with Crippen LogP contribution >= 0.6 is 0 Å². The first-order valence-corrected chi connectivity index (χ1v) is 13.9. The molecule has 13 heteroatoms. The number of aliphatic hydroxyl groups excluding tert-OH is 4. The van der Waals surface area contributed by atoms with E-state index in [1.54, 1.807) is 0 Å². The number of ether oxygens (including phenoxy) is 3. The van der Waals surface area contributed by atoms with Crippen molar-refractivity contribution in [2.75, 3.05) is 26.3 Å². The summed E-state index contributed by atoms with van der Waals surface area (Å²) in [4.78, 5) is 12.0. The molecule has 1 aromatic carbocycles. The zero-order chi connectivity index (χ0) is 30.3. The zero-order valence-corrected chi connectivity index (χ0v) is 24.4. The Bertz CT molecular complexity index is 1140. The fraction of sp³-hybridized carbons (Fsp3) is 0.643. The van der Waals surface area contributed by atoms with Gasteiger partial charge in [-0.1, -0.05) is 19.9 Å². The molecule has 1 aliphatic heterocycles. The van der Waals surface area contributed by atoms with E-state index in [9.17, 15) is 25.2 Å². The van der Waals surface area contributed by atoms with Crippen molar-refractivity contribution < 1.29 is 39.4 Å². The van der Waals surface area contributed by atoms with Crippen molar-refractivity contribution in [3.8, 4) is 11.6 Å². The SMILES string of the molecule is Cc1cc(OCCCNC(=O)NC(C)(C)CN)ccc1Cc1c(O[C@@H]2O[C@H](CO)[C@@H](O)[C@H](O)[C@H]2O)n[nH]c1C(C)C. The van der Waals surface area contributed by atoms with Gasteiger partial charge in [-0.15, -0.1) is 5.10 Å². The monoisotopic (exact) mass is 579 g/mol. The number of benzene rings is 1. The number of rotatable bonds is 13. The normalized spacial score (nSPS) is 23.0. The average molecular weight is 580 g/mol. The summed E-state index contributed by atoms with van der Waals surface area (Å²) in [5.74, 6) is 0.989. The molecule has 0 radical (unpaired) electrons. The van der Waals surface area contributed by atoms with E-state index in [-0.39, 0.29) is 17.8 Å². The average Bonchev–Trinajstić information content (AvgIpc) is 3.32. The molecule has 3 rings (SSSR count). The Kier molecular flexibility index (Phi) is 11.4. The Morgan fingerprint density at radius 3 is 2.59 bits per heavy atom. The number of nitrogens with one attached hydrogen (secondary N) is 3. The van der Waals surface area contributed by atoms with Crippen LogP contribution in [0.4, 0.5) is 4.79 Å². The number of aromatic amines is 1. The van der Waals surface area contributed by atoms with E-state index in [0.29, 0.717) is 38.3 Å². The maximum Gasteiger partial charge on any atom is 0.315 e. The smallest absolute Gasteiger partial charge is 0.315 e. The highest BCUT2D eigenvalue weighted by molar-refractivity contribution is 5.74. The summed E-state index contributed by atoms with van der Waals surface area (Å²) in [6, 6.07) is 5.50. The predicted octanol–water partition coefficient (Wildman–Crippen LogP) is 0.416. The van der Waals surface area contributed by atoms with Gasteiger partial charge in [0.05, 0.1) is 13.2 Å². The van der Waals surface area contributed by atoms with E-state index in [2.05, 4.69) is 20.8 Å². The molecule has 230 valence electrons. The van der Waals surface area contributed by atoms with E-state index >= 15 is 0 Å². The number of aromatic nitrogens is 2. The third-order valence-corrected chi connectivity index (χ3v) is 7.03. The van der Waals surface area contributed by atoms with Crippen LogP contribution in [0.1, 0.15) is 62.4 Å². The van der Waals surface area contributed by atoms with E-state index in [1.165, 1.54) is 0 Å². The molecule has 13 nitrogen and oxygen atoms in total. The van der Waals surface area contributed by atoms with E-state index in [0.717, 1.165) is 22.4 Å². The largest absolute Gasteiger partial charge is 0.494 e. The number of aliphatic hydroxyl groups is 4. The van der Waals surface area contributed by atoms with Crippen LogP contribution in [0.15, 0.2) is 18.2 Å². The maximum absolute atomic E-state index is 12.0. The van der Waals surface area contributed by atoms with Crippen molar-refractivity contribution >= 4 is 6.03 Å². The fourth-order valence-electron chi connectivity index (χ4n) is 4.40. The first-order valence-electron chi connectivity index (χ1n) is 13.9. The van der Waals surface area contributed by atoms with Crippen LogP contribution in [0, 0.1) is 6.92 Å². The summed E-state index contributed by atoms with van der Waals surface area (Å²) in [5, 5.41) is 53.0. The zero-order valence-electron chi connectivity index (χ0n) is 24.4. The van der Waals surface area contributed by atoms with E-state index in [1.807, 2.05) is 52.8 Å². The van der Waals surface area contributed by atoms with Gasteiger partial charge in [0.2, 0.25) is 12.2 Å². The number of amides is 2. The lowest BCUT2D eigenvalue weighted by Gasteiger charge is -2.39. The molecule has 1 saturated heterocycles. The molecule has 0 aliphatic carbocycles. The highest BCUT2D eigenvalue weighted by Crippen LogP contribution is 2.32. The van der Waals surface area contributed by atoms with Gasteiger partial charge in [0.15, 0.2) is 0 Å². The number of hydrogen-bond donors (Lipinski definition) is 8. The Hall–Kier alpha value is -2.94. The number of hydrogen-bond acceptors (Lipinski definition) is 10. The van der Waals surface area contributed by atoms with Gasteiger partial charge in [0, 0.05) is 36.3 Å². The third kappa shape index (κ3) is 8.53. The third-order valence-electron chi connectivity index (χ3n) is 7.03. The molecule has 9 N–H and O–H groups in total. The molecule has 0 bridgehead atoms. The van der Waals surface area contributed by atoms with Gasteiger partial charge < -0.3 is 51.0 Å². The minimum atomic E-state index is -1.55. The molecule has 0 unspecified atom stereocenters. The molecular formula is C28H45N5O8. The predicted molar refractivity (Wildman–Crippen MR) is 151 cm³/mol. The second kappa shape index (κ2) is 14.3. The van der Waals surface area contributed by atoms with Crippen LogP contribution < -0.4 is 25.8 Å². The first kappa shape index (κ1) is 32.6. The molecule has 2 heterocycles. The number of carbonyl (C=O) groups is 1. The van der Waals surface area contributed by atoms with Crippen LogP contribution in [-0.2, 0) is 11.2 Å². The van der Waals surface area contributed by atoms with E-state index < -0.39 is 42.9 Å². The maximum atomic E-state index is 12.0. The molecule has 1 fully saturated rings. The summed E-state index contributed by atoms with van der Waals surface area (Å²) < 4.78 is 17.3. The number of aryl methyl sites for hydroxylation is 1. The van der Waals surface area contributed by atoms with Crippen molar-refractivity contribution in [3.05, 3.63) is 40.6 Å². The second-order valence-corrected chi connectivity index (χ2v) is 11.3. The lowest BCUT2D eigenvalue weighted by Crippen LogP contribution is -2.60. The van der Waals surface area contributed by atoms with Gasteiger partial charge in [-0.2, -0.15) is 0 Å². The van der Waals surface area contributed by atoms with Crippen molar-refractivity contribution in [1.82, 2.24) is 20.8 Å². The topological polar surface area (TPSA) is 204 Å². The summed E-state index contributed by atoms with van der Waals surface area (Å²) in [5.41, 5.74) is 8.75. The molecule has 1 aliphatic rings. The highest BCUT2D eigenvalue weighted by Gasteiger charge is 2.45. The fourth-order valence-corrected chi connectivity index (χ4v) is 4.40. The summed E-state index contributed by atoms with van der Waals surface area (Å²) in [6.07, 6.45) is -5.91. The van der Waals surface area contributed by atoms with Crippen LogP contribution in [-0.4, -0.2) is 99.2 Å². The Balaban J connectivity index is 1.62. The number of nitrogens with two attached hydrogens (primary N) is 1. The standard InChI is InChI=1S/C28H45N5O8/c1-15(2)21-19(25(33-32-21)41-26-24(37)23(36)22(35)20(13-34)40-26)12-17-7-8-18(11-16(17)3)39-10-6-9-30-27(38)31-28(4,5)14-29/h7-8,11,15,20,22-24,26,34-37H,6,9-10,12-14,29H2,1-5H3,(H,32,33)(H2,30,31,38)/t20-,22-,23+,24-,26+/m1/s1. The molecule has 0 saturated carbocycles. The minimum absolute atomic E-state index is 0.0876. The van der Waals surface area contributed by atoms with Crippen LogP contribution in [0.3, 0.4) is 0 Å². The van der Waals surface area contributed by atoms with Crippen molar-refractivity contribution in [1.29, 1.82) is 0 Å². The minimum Gasteiger partial charge on any atom is -0.494 e. The summed E-state index contributed by atoms with van der Waals surface area (Å²) in [6.45, 7) is 10.4. The van der Waals surface area contributed by atoms with Crippen LogP contribution in [0.25, 0.3) is 0 Å². The van der Waals surface area contributed by atoms with Gasteiger partial charge in [-0.05, 0) is 56.4 Å². The molecule has 5 atom stereocenters. The molecule has 41 heavy (non-hydrogen) atoms. The Labute approximate surface area is 240 Å². The molecule has 2 amide bonds. The summed E-state index contributed by atoms with van der Waals surface area (Å²) >= 11 is 0. The van der Waals surface area contributed by atoms with Gasteiger partial charge in [-0.25, -0.2) is 4.79 Å². The molecule has 1 aromatic heterocycles. The molecule has 0 spiro atoms. The number of H-pyrrole nitrogens is 1. The summed E-state index contributed by atoms with van der Waals surface area (Å²) in [7, 11) is 0. The lowest BCUT2D eigenvalue weighted by molar-refractivity contribution is -0.278. The van der Waals surface area contributed by atoms with E-state index in [4.69, 9.17) is 19.9 Å². The second-order valence-electron chi connectivity index (χ2n) is 11.3. The highest BCUT2D eigenvalue weighted by atomic mass is 16.7.